The topological polar surface area (TPSA) is 68.3 Å². The number of aromatic nitrogens is 2. The number of methoxy groups -OCH3 is 2. The zero-order chi connectivity index (χ0) is 19.4. The van der Waals surface area contributed by atoms with Crippen LogP contribution in [0.15, 0.2) is 42.5 Å². The Kier molecular flexibility index (Phi) is 5.45. The molecule has 0 unspecified atom stereocenters. The molecule has 3 rings (SSSR count). The average Bonchev–Trinajstić information content (AvgIpc) is 2.65. The number of ether oxygens (including phenoxy) is 2. The molecule has 0 radical (unpaired) electrons. The first-order valence-corrected chi connectivity index (χ1v) is 8.68. The molecule has 0 atom stereocenters. The molecule has 1 aromatic heterocycles. The molecule has 2 N–H and O–H groups in total. The summed E-state index contributed by atoms with van der Waals surface area (Å²) in [5.41, 5.74) is 4.97. The van der Waals surface area contributed by atoms with Crippen molar-refractivity contribution < 1.29 is 9.47 Å². The zero-order valence-corrected chi connectivity index (χ0v) is 16.3. The van der Waals surface area contributed by atoms with Crippen LogP contribution >= 0.6 is 0 Å². The predicted octanol–water partition coefficient (Wildman–Crippen LogP) is 4.91. The van der Waals surface area contributed by atoms with Gasteiger partial charge in [0.15, 0.2) is 0 Å². The normalized spacial score (nSPS) is 10.4. The van der Waals surface area contributed by atoms with E-state index in [1.165, 1.54) is 0 Å². The highest BCUT2D eigenvalue weighted by Crippen LogP contribution is 2.31. The summed E-state index contributed by atoms with van der Waals surface area (Å²) in [6.07, 6.45) is 0. The van der Waals surface area contributed by atoms with Gasteiger partial charge in [0, 0.05) is 23.5 Å². The Morgan fingerprint density at radius 1 is 0.815 bits per heavy atom. The minimum absolute atomic E-state index is 0.544. The second-order valence-corrected chi connectivity index (χ2v) is 6.30. The molecule has 0 bridgehead atoms. The van der Waals surface area contributed by atoms with E-state index in [2.05, 4.69) is 46.6 Å². The molecule has 1 heterocycles. The third kappa shape index (κ3) is 4.28. The molecule has 140 valence electrons. The van der Waals surface area contributed by atoms with Crippen LogP contribution in [0, 0.1) is 20.8 Å². The molecular weight excluding hydrogens is 340 g/mol. The van der Waals surface area contributed by atoms with E-state index in [0.717, 1.165) is 33.9 Å². The summed E-state index contributed by atoms with van der Waals surface area (Å²) in [4.78, 5) is 9.11. The lowest BCUT2D eigenvalue weighted by Gasteiger charge is -2.15. The van der Waals surface area contributed by atoms with Crippen molar-refractivity contribution in [1.82, 2.24) is 9.97 Å². The fraction of sp³-hybridized carbons (Fsp3) is 0.238. The monoisotopic (exact) mass is 364 g/mol. The highest BCUT2D eigenvalue weighted by Gasteiger charge is 2.10. The van der Waals surface area contributed by atoms with Crippen molar-refractivity contribution >= 4 is 23.1 Å². The maximum atomic E-state index is 5.45. The molecule has 2 aromatic carbocycles. The zero-order valence-electron chi connectivity index (χ0n) is 16.3. The smallest absolute Gasteiger partial charge is 0.229 e. The number of hydrogen-bond acceptors (Lipinski definition) is 6. The first kappa shape index (κ1) is 18.5. The van der Waals surface area contributed by atoms with Crippen LogP contribution in [0.5, 0.6) is 11.5 Å². The van der Waals surface area contributed by atoms with Crippen molar-refractivity contribution in [3.63, 3.8) is 0 Å². The minimum atomic E-state index is 0.544. The van der Waals surface area contributed by atoms with Gasteiger partial charge in [-0.3, -0.25) is 0 Å². The molecule has 6 heteroatoms. The minimum Gasteiger partial charge on any atom is -0.497 e. The summed E-state index contributed by atoms with van der Waals surface area (Å²) < 4.78 is 10.7. The van der Waals surface area contributed by atoms with Gasteiger partial charge < -0.3 is 20.1 Å². The van der Waals surface area contributed by atoms with Gasteiger partial charge in [0.1, 0.15) is 17.3 Å². The van der Waals surface area contributed by atoms with E-state index >= 15 is 0 Å². The number of para-hydroxylation sites is 1. The molecule has 0 aliphatic heterocycles. The summed E-state index contributed by atoms with van der Waals surface area (Å²) >= 11 is 0. The Hall–Kier alpha value is -3.28. The standard InChI is InChI=1S/C21H24N4O2/c1-13-7-6-8-14(2)20(13)25-21-22-15(3)11-19(24-21)23-17-10-9-16(26-4)12-18(17)27-5/h6-12H,1-5H3,(H2,22,23,24,25). The third-order valence-electron chi connectivity index (χ3n) is 4.24. The van der Waals surface area contributed by atoms with Gasteiger partial charge in [-0.05, 0) is 44.0 Å². The summed E-state index contributed by atoms with van der Waals surface area (Å²) in [5.74, 6) is 2.63. The lowest BCUT2D eigenvalue weighted by atomic mass is 10.1. The maximum absolute atomic E-state index is 5.45. The molecular formula is C21H24N4O2. The quantitative estimate of drug-likeness (QED) is 0.648. The van der Waals surface area contributed by atoms with Crippen LogP contribution < -0.4 is 20.1 Å². The van der Waals surface area contributed by atoms with Crippen LogP contribution in [-0.4, -0.2) is 24.2 Å². The lowest BCUT2D eigenvalue weighted by molar-refractivity contribution is 0.395. The highest BCUT2D eigenvalue weighted by molar-refractivity contribution is 5.68. The Balaban J connectivity index is 1.90. The number of rotatable bonds is 6. The van der Waals surface area contributed by atoms with Crippen LogP contribution in [0.1, 0.15) is 16.8 Å². The van der Waals surface area contributed by atoms with Crippen molar-refractivity contribution in [2.45, 2.75) is 20.8 Å². The third-order valence-corrected chi connectivity index (χ3v) is 4.24. The molecule has 0 aliphatic rings. The van der Waals surface area contributed by atoms with Gasteiger partial charge >= 0.3 is 0 Å². The van der Waals surface area contributed by atoms with Crippen molar-refractivity contribution in [1.29, 1.82) is 0 Å². The molecule has 27 heavy (non-hydrogen) atoms. The van der Waals surface area contributed by atoms with Crippen molar-refractivity contribution in [2.24, 2.45) is 0 Å². The van der Waals surface area contributed by atoms with Gasteiger partial charge in [0.25, 0.3) is 0 Å². The molecule has 0 saturated carbocycles. The Labute approximate surface area is 159 Å². The first-order chi connectivity index (χ1) is 13.0. The van der Waals surface area contributed by atoms with Crippen LogP contribution in [0.25, 0.3) is 0 Å². The molecule has 0 aliphatic carbocycles. The Morgan fingerprint density at radius 2 is 1.56 bits per heavy atom. The van der Waals surface area contributed by atoms with E-state index in [9.17, 15) is 0 Å². The van der Waals surface area contributed by atoms with Gasteiger partial charge in [-0.2, -0.15) is 4.98 Å². The van der Waals surface area contributed by atoms with Crippen molar-refractivity contribution in [2.75, 3.05) is 24.9 Å². The van der Waals surface area contributed by atoms with Gasteiger partial charge in [-0.25, -0.2) is 4.98 Å². The predicted molar refractivity (Wildman–Crippen MR) is 109 cm³/mol. The maximum Gasteiger partial charge on any atom is 0.229 e. The lowest BCUT2D eigenvalue weighted by Crippen LogP contribution is -2.05. The van der Waals surface area contributed by atoms with Crippen molar-refractivity contribution in [3.8, 4) is 11.5 Å². The van der Waals surface area contributed by atoms with E-state index in [0.29, 0.717) is 17.5 Å². The molecule has 0 saturated heterocycles. The van der Waals surface area contributed by atoms with Crippen LogP contribution in [-0.2, 0) is 0 Å². The number of hydrogen-bond donors (Lipinski definition) is 2. The molecule has 3 aromatic rings. The van der Waals surface area contributed by atoms with Crippen LogP contribution in [0.3, 0.4) is 0 Å². The number of benzene rings is 2. The van der Waals surface area contributed by atoms with E-state index in [-0.39, 0.29) is 0 Å². The van der Waals surface area contributed by atoms with E-state index in [1.54, 1.807) is 14.2 Å². The fourth-order valence-electron chi connectivity index (χ4n) is 2.85. The van der Waals surface area contributed by atoms with Crippen molar-refractivity contribution in [3.05, 3.63) is 59.3 Å². The summed E-state index contributed by atoms with van der Waals surface area (Å²) in [7, 11) is 3.25. The summed E-state index contributed by atoms with van der Waals surface area (Å²) in [6, 6.07) is 13.6. The second kappa shape index (κ2) is 7.95. The van der Waals surface area contributed by atoms with Gasteiger partial charge in [-0.1, -0.05) is 18.2 Å². The number of nitrogens with one attached hydrogen (secondary N) is 2. The molecule has 0 amide bonds. The van der Waals surface area contributed by atoms with Gasteiger partial charge in [0.05, 0.1) is 19.9 Å². The van der Waals surface area contributed by atoms with Crippen LogP contribution in [0.4, 0.5) is 23.1 Å². The fourth-order valence-corrected chi connectivity index (χ4v) is 2.85. The molecule has 6 nitrogen and oxygen atoms in total. The number of anilines is 4. The van der Waals surface area contributed by atoms with E-state index < -0.39 is 0 Å². The number of nitrogens with zero attached hydrogens (tertiary/aromatic N) is 2. The summed E-state index contributed by atoms with van der Waals surface area (Å²) in [6.45, 7) is 6.06. The van der Waals surface area contributed by atoms with E-state index in [4.69, 9.17) is 9.47 Å². The van der Waals surface area contributed by atoms with Gasteiger partial charge in [-0.15, -0.1) is 0 Å². The largest absolute Gasteiger partial charge is 0.497 e. The second-order valence-electron chi connectivity index (χ2n) is 6.30. The van der Waals surface area contributed by atoms with Gasteiger partial charge in [0.2, 0.25) is 5.95 Å². The first-order valence-electron chi connectivity index (χ1n) is 8.68. The average molecular weight is 364 g/mol. The Bertz CT molecular complexity index is 937. The number of aryl methyl sites for hydroxylation is 3. The Morgan fingerprint density at radius 3 is 2.22 bits per heavy atom. The van der Waals surface area contributed by atoms with E-state index in [1.807, 2.05) is 37.3 Å². The SMILES string of the molecule is COc1ccc(Nc2cc(C)nc(Nc3c(C)cccc3C)n2)c(OC)c1. The summed E-state index contributed by atoms with van der Waals surface area (Å²) in [5, 5.41) is 6.64. The van der Waals surface area contributed by atoms with Crippen LogP contribution in [0.2, 0.25) is 0 Å². The highest BCUT2D eigenvalue weighted by atomic mass is 16.5. The molecule has 0 spiro atoms. The molecule has 0 fully saturated rings.